The number of rotatable bonds is 5. The number of carbonyl (C=O) groups excluding carboxylic acids is 1. The van der Waals surface area contributed by atoms with E-state index in [4.69, 9.17) is 16.3 Å². The molecule has 2 aliphatic rings. The van der Waals surface area contributed by atoms with Gasteiger partial charge in [-0.1, -0.05) is 23.7 Å². The van der Waals surface area contributed by atoms with Gasteiger partial charge < -0.3 is 10.1 Å². The van der Waals surface area contributed by atoms with Crippen molar-refractivity contribution < 1.29 is 9.53 Å². The molecule has 126 valence electrons. The van der Waals surface area contributed by atoms with Crippen molar-refractivity contribution in [3.8, 4) is 0 Å². The number of anilines is 1. The van der Waals surface area contributed by atoms with Crippen LogP contribution in [0.4, 0.5) is 5.69 Å². The highest BCUT2D eigenvalue weighted by Crippen LogP contribution is 2.48. The molecule has 1 saturated heterocycles. The maximum atomic E-state index is 12.4. The van der Waals surface area contributed by atoms with Crippen LogP contribution in [0, 0.1) is 5.92 Å². The second-order valence-electron chi connectivity index (χ2n) is 6.58. The number of halogens is 1. The van der Waals surface area contributed by atoms with Crippen molar-refractivity contribution in [2.24, 2.45) is 5.92 Å². The van der Waals surface area contributed by atoms with Crippen molar-refractivity contribution in [3.05, 3.63) is 47.2 Å². The molecule has 1 N–H and O–H groups in total. The van der Waals surface area contributed by atoms with Crippen molar-refractivity contribution in [1.82, 2.24) is 9.78 Å². The normalized spacial score (nSPS) is 25.6. The standard InChI is InChI=1S/C18H20ClN3O2/c19-13-4-1-3-12(7-13)16-8-17(16)18(23)21-14-9-20-22(10-14)11-15-5-2-6-24-15/h1,3-4,7,9-10,15-17H,2,5-6,8,11H2,(H,21,23)/t15-,16-,17-/m0/s1. The number of nitrogens with one attached hydrogen (secondary N) is 1. The SMILES string of the molecule is O=C(Nc1cnn(C[C@@H]2CCCO2)c1)[C@H]1C[C@H]1c1cccc(Cl)c1. The van der Waals surface area contributed by atoms with Gasteiger partial charge in [0.05, 0.1) is 24.5 Å². The zero-order valence-electron chi connectivity index (χ0n) is 13.3. The number of nitrogens with zero attached hydrogens (tertiary/aromatic N) is 2. The van der Waals surface area contributed by atoms with Crippen LogP contribution in [-0.2, 0) is 16.1 Å². The van der Waals surface area contributed by atoms with Gasteiger partial charge in [-0.3, -0.25) is 9.48 Å². The molecule has 2 heterocycles. The molecule has 2 fully saturated rings. The van der Waals surface area contributed by atoms with Crippen LogP contribution in [0.2, 0.25) is 5.02 Å². The fourth-order valence-corrected chi connectivity index (χ4v) is 3.55. The third kappa shape index (κ3) is 3.47. The van der Waals surface area contributed by atoms with E-state index < -0.39 is 0 Å². The summed E-state index contributed by atoms with van der Waals surface area (Å²) in [7, 11) is 0. The second-order valence-corrected chi connectivity index (χ2v) is 7.02. The van der Waals surface area contributed by atoms with Gasteiger partial charge in [0.15, 0.2) is 0 Å². The molecule has 2 aromatic rings. The van der Waals surface area contributed by atoms with E-state index in [0.717, 1.165) is 43.7 Å². The molecule has 1 amide bonds. The Kier molecular flexibility index (Phi) is 4.29. The van der Waals surface area contributed by atoms with Crippen molar-refractivity contribution >= 4 is 23.2 Å². The maximum absolute atomic E-state index is 12.4. The lowest BCUT2D eigenvalue weighted by Gasteiger charge is -2.08. The smallest absolute Gasteiger partial charge is 0.228 e. The van der Waals surface area contributed by atoms with Gasteiger partial charge in [-0.25, -0.2) is 0 Å². The fourth-order valence-electron chi connectivity index (χ4n) is 3.35. The molecular weight excluding hydrogens is 326 g/mol. The van der Waals surface area contributed by atoms with Gasteiger partial charge in [0.2, 0.25) is 5.91 Å². The Labute approximate surface area is 145 Å². The molecule has 0 radical (unpaired) electrons. The van der Waals surface area contributed by atoms with Gasteiger partial charge in [-0.2, -0.15) is 5.10 Å². The van der Waals surface area contributed by atoms with Crippen molar-refractivity contribution in [2.75, 3.05) is 11.9 Å². The first-order valence-electron chi connectivity index (χ1n) is 8.39. The summed E-state index contributed by atoms with van der Waals surface area (Å²) in [4.78, 5) is 12.4. The molecule has 1 aromatic carbocycles. The summed E-state index contributed by atoms with van der Waals surface area (Å²) in [6, 6.07) is 7.76. The van der Waals surface area contributed by atoms with Crippen LogP contribution in [0.15, 0.2) is 36.7 Å². The number of hydrogen-bond acceptors (Lipinski definition) is 3. The highest BCUT2D eigenvalue weighted by Gasteiger charge is 2.44. The van der Waals surface area contributed by atoms with E-state index in [2.05, 4.69) is 10.4 Å². The number of ether oxygens (including phenoxy) is 1. The Morgan fingerprint density at radius 2 is 2.38 bits per heavy atom. The van der Waals surface area contributed by atoms with E-state index in [-0.39, 0.29) is 23.8 Å². The summed E-state index contributed by atoms with van der Waals surface area (Å²) in [5, 5.41) is 7.99. The summed E-state index contributed by atoms with van der Waals surface area (Å²) in [6.45, 7) is 1.58. The van der Waals surface area contributed by atoms with E-state index in [9.17, 15) is 4.79 Å². The molecule has 0 unspecified atom stereocenters. The Morgan fingerprint density at radius 3 is 3.17 bits per heavy atom. The average Bonchev–Trinajstić information content (AvgIpc) is 2.99. The van der Waals surface area contributed by atoms with Crippen LogP contribution in [0.3, 0.4) is 0 Å². The number of hydrogen-bond donors (Lipinski definition) is 1. The predicted octanol–water partition coefficient (Wildman–Crippen LogP) is 3.46. The Morgan fingerprint density at radius 1 is 1.46 bits per heavy atom. The molecule has 0 bridgehead atoms. The summed E-state index contributed by atoms with van der Waals surface area (Å²) in [5.74, 6) is 0.340. The quantitative estimate of drug-likeness (QED) is 0.902. The zero-order chi connectivity index (χ0) is 16.5. The highest BCUT2D eigenvalue weighted by atomic mass is 35.5. The third-order valence-electron chi connectivity index (χ3n) is 4.72. The van der Waals surface area contributed by atoms with Crippen LogP contribution in [0.5, 0.6) is 0 Å². The van der Waals surface area contributed by atoms with Gasteiger partial charge in [0.1, 0.15) is 0 Å². The van der Waals surface area contributed by atoms with Crippen LogP contribution in [-0.4, -0.2) is 28.4 Å². The summed E-state index contributed by atoms with van der Waals surface area (Å²) in [5.41, 5.74) is 1.88. The van der Waals surface area contributed by atoms with Crippen molar-refractivity contribution in [2.45, 2.75) is 37.8 Å². The minimum atomic E-state index is 0.0185. The molecule has 1 aromatic heterocycles. The Hall–Kier alpha value is -1.85. The van der Waals surface area contributed by atoms with Crippen LogP contribution in [0.25, 0.3) is 0 Å². The average molecular weight is 346 g/mol. The van der Waals surface area contributed by atoms with Gasteiger partial charge >= 0.3 is 0 Å². The van der Waals surface area contributed by atoms with Gasteiger partial charge in [0, 0.05) is 23.7 Å². The van der Waals surface area contributed by atoms with Crippen molar-refractivity contribution in [1.29, 1.82) is 0 Å². The fraction of sp³-hybridized carbons (Fsp3) is 0.444. The molecule has 3 atom stereocenters. The zero-order valence-corrected chi connectivity index (χ0v) is 14.1. The summed E-state index contributed by atoms with van der Waals surface area (Å²) < 4.78 is 7.45. The lowest BCUT2D eigenvalue weighted by molar-refractivity contribution is -0.117. The number of amides is 1. The van der Waals surface area contributed by atoms with E-state index in [1.54, 1.807) is 6.20 Å². The maximum Gasteiger partial charge on any atom is 0.228 e. The van der Waals surface area contributed by atoms with E-state index >= 15 is 0 Å². The molecule has 5 nitrogen and oxygen atoms in total. The predicted molar refractivity (Wildman–Crippen MR) is 92.1 cm³/mol. The van der Waals surface area contributed by atoms with Gasteiger partial charge in [0.25, 0.3) is 0 Å². The topological polar surface area (TPSA) is 56.2 Å². The first kappa shape index (κ1) is 15.7. The monoisotopic (exact) mass is 345 g/mol. The molecule has 4 rings (SSSR count). The largest absolute Gasteiger partial charge is 0.376 e. The molecular formula is C18H20ClN3O2. The molecule has 1 aliphatic carbocycles. The lowest BCUT2D eigenvalue weighted by atomic mass is 10.1. The lowest BCUT2D eigenvalue weighted by Crippen LogP contribution is -2.16. The van der Waals surface area contributed by atoms with Crippen molar-refractivity contribution in [3.63, 3.8) is 0 Å². The molecule has 1 aliphatic heterocycles. The van der Waals surface area contributed by atoms with E-state index in [1.807, 2.05) is 35.1 Å². The minimum Gasteiger partial charge on any atom is -0.376 e. The second kappa shape index (κ2) is 6.57. The van der Waals surface area contributed by atoms with Gasteiger partial charge in [-0.15, -0.1) is 0 Å². The highest BCUT2D eigenvalue weighted by molar-refractivity contribution is 6.30. The minimum absolute atomic E-state index is 0.0185. The number of carbonyl (C=O) groups is 1. The first-order valence-corrected chi connectivity index (χ1v) is 8.77. The van der Waals surface area contributed by atoms with Crippen LogP contribution >= 0.6 is 11.6 Å². The van der Waals surface area contributed by atoms with E-state index in [1.165, 1.54) is 0 Å². The van der Waals surface area contributed by atoms with E-state index in [0.29, 0.717) is 5.02 Å². The first-order chi connectivity index (χ1) is 11.7. The number of benzene rings is 1. The van der Waals surface area contributed by atoms with Crippen LogP contribution < -0.4 is 5.32 Å². The molecule has 1 saturated carbocycles. The van der Waals surface area contributed by atoms with Gasteiger partial charge in [-0.05, 0) is 42.9 Å². The molecule has 24 heavy (non-hydrogen) atoms. The van der Waals surface area contributed by atoms with Crippen LogP contribution in [0.1, 0.15) is 30.7 Å². The third-order valence-corrected chi connectivity index (χ3v) is 4.95. The Balaban J connectivity index is 1.33. The molecule has 0 spiro atoms. The summed E-state index contributed by atoms with van der Waals surface area (Å²) >= 11 is 6.02. The Bertz CT molecular complexity index is 739. The number of aromatic nitrogens is 2. The summed E-state index contributed by atoms with van der Waals surface area (Å²) in [6.07, 6.45) is 6.87. The molecule has 6 heteroatoms.